The van der Waals surface area contributed by atoms with Crippen LogP contribution in [0.25, 0.3) is 5.57 Å². The second-order valence-electron chi connectivity index (χ2n) is 10.8. The highest BCUT2D eigenvalue weighted by Crippen LogP contribution is 2.44. The van der Waals surface area contributed by atoms with E-state index in [1.807, 2.05) is 6.07 Å². The van der Waals surface area contributed by atoms with Gasteiger partial charge in [0.1, 0.15) is 4.88 Å². The molecule has 7 nitrogen and oxygen atoms in total. The number of hydrogen-bond acceptors (Lipinski definition) is 5. The zero-order chi connectivity index (χ0) is 25.6. The molecule has 3 aliphatic rings. The molecular formula is C28H36N2O5S. The minimum absolute atomic E-state index is 0.000494. The van der Waals surface area contributed by atoms with Gasteiger partial charge in [-0.05, 0) is 88.2 Å². The number of hydrogen-bond donors (Lipinski definition) is 3. The van der Waals surface area contributed by atoms with Gasteiger partial charge in [-0.2, -0.15) is 0 Å². The number of aromatic nitrogens is 1. The largest absolute Gasteiger partial charge is 0.494 e. The molecule has 194 valence electrons. The van der Waals surface area contributed by atoms with Crippen molar-refractivity contribution < 1.29 is 24.9 Å². The second-order valence-corrected chi connectivity index (χ2v) is 11.9. The number of fused-ring (bicyclic) bond motifs is 1. The van der Waals surface area contributed by atoms with Gasteiger partial charge in [-0.1, -0.05) is 13.0 Å². The zero-order valence-electron chi connectivity index (χ0n) is 21.1. The maximum absolute atomic E-state index is 14.1. The van der Waals surface area contributed by atoms with Gasteiger partial charge in [0, 0.05) is 35.0 Å². The first-order valence-electron chi connectivity index (χ1n) is 13.2. The first-order valence-corrected chi connectivity index (χ1v) is 14.1. The van der Waals surface area contributed by atoms with Gasteiger partial charge in [0.25, 0.3) is 0 Å². The average molecular weight is 513 g/mol. The van der Waals surface area contributed by atoms with Gasteiger partial charge in [0.15, 0.2) is 11.8 Å². The molecule has 0 saturated heterocycles. The highest BCUT2D eigenvalue weighted by atomic mass is 32.1. The Hall–Kier alpha value is -2.74. The molecule has 0 spiro atoms. The van der Waals surface area contributed by atoms with Crippen LogP contribution in [0, 0.1) is 11.8 Å². The minimum Gasteiger partial charge on any atom is -0.494 e. The van der Waals surface area contributed by atoms with E-state index in [0.29, 0.717) is 36.4 Å². The first-order chi connectivity index (χ1) is 17.3. The lowest BCUT2D eigenvalue weighted by atomic mass is 9.81. The summed E-state index contributed by atoms with van der Waals surface area (Å²) in [6.07, 6.45) is 11.5. The van der Waals surface area contributed by atoms with Crippen LogP contribution in [0.15, 0.2) is 12.1 Å². The summed E-state index contributed by atoms with van der Waals surface area (Å²) in [5.41, 5.74) is 3.05. The van der Waals surface area contributed by atoms with Crippen LogP contribution in [0.2, 0.25) is 0 Å². The predicted molar refractivity (Wildman–Crippen MR) is 141 cm³/mol. The van der Waals surface area contributed by atoms with E-state index < -0.39 is 5.97 Å². The van der Waals surface area contributed by atoms with Crippen LogP contribution in [0.4, 0.5) is 5.69 Å². The van der Waals surface area contributed by atoms with Gasteiger partial charge in [0.2, 0.25) is 5.91 Å². The molecule has 1 fully saturated rings. The normalized spacial score (nSPS) is 24.2. The molecule has 36 heavy (non-hydrogen) atoms. The van der Waals surface area contributed by atoms with E-state index in [2.05, 4.69) is 13.0 Å². The van der Waals surface area contributed by atoms with Crippen molar-refractivity contribution in [1.82, 2.24) is 4.57 Å². The average Bonchev–Trinajstić information content (AvgIpc) is 3.41. The Morgan fingerprint density at radius 2 is 1.75 bits per heavy atom. The van der Waals surface area contributed by atoms with Crippen molar-refractivity contribution in [3.63, 3.8) is 0 Å². The lowest BCUT2D eigenvalue weighted by Crippen LogP contribution is -2.47. The number of carboxylic acid groups (broad SMARTS) is 1. The number of aromatic hydroxyl groups is 2. The number of anilines is 1. The van der Waals surface area contributed by atoms with Crippen molar-refractivity contribution in [2.75, 3.05) is 4.90 Å². The number of carbonyl (C=O) groups is 2. The van der Waals surface area contributed by atoms with Gasteiger partial charge in [0.05, 0.1) is 5.69 Å². The Balaban J connectivity index is 1.56. The molecule has 2 aromatic heterocycles. The van der Waals surface area contributed by atoms with Crippen molar-refractivity contribution >= 4 is 34.5 Å². The summed E-state index contributed by atoms with van der Waals surface area (Å²) in [7, 11) is 1.62. The van der Waals surface area contributed by atoms with Crippen LogP contribution in [0.1, 0.15) is 90.4 Å². The molecule has 1 saturated carbocycles. The third-order valence-electron chi connectivity index (χ3n) is 8.45. The quantitative estimate of drug-likeness (QED) is 0.465. The highest BCUT2D eigenvalue weighted by molar-refractivity contribution is 7.15. The lowest BCUT2D eigenvalue weighted by Gasteiger charge is -2.38. The molecule has 0 aromatic carbocycles. The number of aromatic carboxylic acids is 1. The van der Waals surface area contributed by atoms with Crippen LogP contribution < -0.4 is 4.90 Å². The van der Waals surface area contributed by atoms with E-state index in [9.17, 15) is 24.9 Å². The van der Waals surface area contributed by atoms with Gasteiger partial charge in [-0.3, -0.25) is 9.36 Å². The molecule has 0 aliphatic heterocycles. The topological polar surface area (TPSA) is 103 Å². The summed E-state index contributed by atoms with van der Waals surface area (Å²) in [5.74, 6) is -0.455. The molecule has 1 unspecified atom stereocenters. The number of nitrogens with zero attached hydrogens (tertiary/aromatic N) is 2. The number of thiophene rings is 1. The molecule has 3 aliphatic carbocycles. The molecule has 3 N–H and O–H groups in total. The van der Waals surface area contributed by atoms with E-state index in [4.69, 9.17) is 0 Å². The fourth-order valence-corrected chi connectivity index (χ4v) is 7.31. The fraction of sp³-hybridized carbons (Fsp3) is 0.571. The van der Waals surface area contributed by atoms with Gasteiger partial charge in [-0.25, -0.2) is 4.79 Å². The molecule has 1 amide bonds. The number of carboxylic acids is 1. The molecule has 0 radical (unpaired) electrons. The summed E-state index contributed by atoms with van der Waals surface area (Å²) in [6, 6.07) is 1.64. The molecule has 2 heterocycles. The summed E-state index contributed by atoms with van der Waals surface area (Å²) < 4.78 is 1.38. The van der Waals surface area contributed by atoms with Crippen molar-refractivity contribution in [3.8, 4) is 11.8 Å². The SMILES string of the molecule is CC1CCC(C(=O)N(c2cc(C3=CCCCC3)sc2C(=O)O)C2CCc3c(c(O)n(C)c3O)C2)CC1. The summed E-state index contributed by atoms with van der Waals surface area (Å²) in [4.78, 5) is 29.5. The maximum Gasteiger partial charge on any atom is 0.348 e. The van der Waals surface area contributed by atoms with E-state index in [-0.39, 0.29) is 34.5 Å². The predicted octanol–water partition coefficient (Wildman–Crippen LogP) is 5.87. The van der Waals surface area contributed by atoms with Crippen molar-refractivity contribution in [3.05, 3.63) is 33.0 Å². The van der Waals surface area contributed by atoms with Gasteiger partial charge in [-0.15, -0.1) is 11.3 Å². The van der Waals surface area contributed by atoms with E-state index >= 15 is 0 Å². The number of rotatable bonds is 5. The molecule has 0 bridgehead atoms. The van der Waals surface area contributed by atoms with Crippen molar-refractivity contribution in [1.29, 1.82) is 0 Å². The Kier molecular flexibility index (Phi) is 6.90. The standard InChI is InChI=1S/C28H36N2O5S/c1-16-8-10-18(11-9-16)25(31)30(19-12-13-20-21(14-19)27(33)29(2)26(20)32)22-15-23(36-24(22)28(34)35)17-6-4-3-5-7-17/h6,15-16,18-19,32-33H,3-5,7-14H2,1-2H3,(H,34,35). The number of amides is 1. The van der Waals surface area contributed by atoms with Crippen LogP contribution >= 0.6 is 11.3 Å². The van der Waals surface area contributed by atoms with E-state index in [1.165, 1.54) is 21.5 Å². The van der Waals surface area contributed by atoms with Crippen LogP contribution in [-0.4, -0.2) is 37.8 Å². The minimum atomic E-state index is -1.01. The van der Waals surface area contributed by atoms with Crippen LogP contribution in [0.3, 0.4) is 0 Å². The summed E-state index contributed by atoms with van der Waals surface area (Å²) >= 11 is 1.27. The third-order valence-corrected chi connectivity index (χ3v) is 9.64. The second kappa shape index (κ2) is 9.96. The summed E-state index contributed by atoms with van der Waals surface area (Å²) in [6.45, 7) is 2.22. The van der Waals surface area contributed by atoms with Crippen LogP contribution in [0.5, 0.6) is 11.8 Å². The summed E-state index contributed by atoms with van der Waals surface area (Å²) in [5, 5.41) is 31.3. The molecular weight excluding hydrogens is 476 g/mol. The monoisotopic (exact) mass is 512 g/mol. The lowest BCUT2D eigenvalue weighted by molar-refractivity contribution is -0.124. The van der Waals surface area contributed by atoms with Gasteiger partial charge < -0.3 is 20.2 Å². The Morgan fingerprint density at radius 1 is 1.03 bits per heavy atom. The van der Waals surface area contributed by atoms with Crippen molar-refractivity contribution in [2.45, 2.75) is 83.6 Å². The van der Waals surface area contributed by atoms with Crippen molar-refractivity contribution in [2.24, 2.45) is 18.9 Å². The van der Waals surface area contributed by atoms with Crippen LogP contribution in [-0.2, 0) is 24.7 Å². The Labute approximate surface area is 216 Å². The highest BCUT2D eigenvalue weighted by Gasteiger charge is 2.39. The zero-order valence-corrected chi connectivity index (χ0v) is 21.9. The Bertz CT molecular complexity index is 1200. The third kappa shape index (κ3) is 4.44. The smallest absolute Gasteiger partial charge is 0.348 e. The number of carbonyl (C=O) groups excluding carboxylic acids is 1. The first kappa shape index (κ1) is 24.9. The molecule has 8 heteroatoms. The molecule has 2 aromatic rings. The molecule has 1 atom stereocenters. The molecule has 5 rings (SSSR count). The number of allylic oxidation sites excluding steroid dienone is 2. The fourth-order valence-electron chi connectivity index (χ4n) is 6.25. The Morgan fingerprint density at radius 3 is 2.42 bits per heavy atom. The van der Waals surface area contributed by atoms with Gasteiger partial charge >= 0.3 is 5.97 Å². The van der Waals surface area contributed by atoms with E-state index in [1.54, 1.807) is 11.9 Å². The maximum atomic E-state index is 14.1. The van der Waals surface area contributed by atoms with E-state index in [0.717, 1.165) is 61.8 Å².